The second-order valence-corrected chi connectivity index (χ2v) is 9.74. The lowest BCUT2D eigenvalue weighted by Crippen LogP contribution is -2.39. The van der Waals surface area contributed by atoms with Crippen molar-refractivity contribution in [3.8, 4) is 12.1 Å². The molecule has 1 aromatic heterocycles. The van der Waals surface area contributed by atoms with Gasteiger partial charge in [0.05, 0.1) is 29.9 Å². The highest BCUT2D eigenvalue weighted by atomic mass is 32.2. The number of allylic oxidation sites excluding steroid dienone is 2. The Morgan fingerprint density at radius 3 is 2.57 bits per heavy atom. The molecule has 2 aliphatic heterocycles. The molecule has 4 rings (SSSR count). The van der Waals surface area contributed by atoms with Gasteiger partial charge in [0.1, 0.15) is 7.85 Å². The molecule has 30 heavy (non-hydrogen) atoms. The minimum absolute atomic E-state index is 0.0319. The van der Waals surface area contributed by atoms with E-state index >= 15 is 0 Å². The van der Waals surface area contributed by atoms with Gasteiger partial charge in [-0.2, -0.15) is 15.6 Å². The number of hydrogen-bond acceptors (Lipinski definition) is 6. The number of piperidine rings is 1. The molecule has 8 nitrogen and oxygen atoms in total. The zero-order chi connectivity index (χ0) is 21.5. The van der Waals surface area contributed by atoms with Gasteiger partial charge in [0.2, 0.25) is 10.0 Å². The minimum Gasteiger partial charge on any atom is -0.341 e. The van der Waals surface area contributed by atoms with E-state index in [1.54, 1.807) is 12.3 Å². The average molecular weight is 420 g/mol. The summed E-state index contributed by atoms with van der Waals surface area (Å²) in [5.74, 6) is 0.368. The van der Waals surface area contributed by atoms with Gasteiger partial charge in [-0.25, -0.2) is 12.7 Å². The molecule has 1 unspecified atom stereocenters. The van der Waals surface area contributed by atoms with Gasteiger partial charge in [-0.05, 0) is 24.5 Å². The van der Waals surface area contributed by atoms with E-state index in [9.17, 15) is 18.9 Å². The van der Waals surface area contributed by atoms with Gasteiger partial charge >= 0.3 is 0 Å². The first-order valence-corrected chi connectivity index (χ1v) is 11.6. The van der Waals surface area contributed by atoms with Crippen LogP contribution in [0.15, 0.2) is 35.7 Å². The number of aromatic amines is 1. The van der Waals surface area contributed by atoms with Gasteiger partial charge in [0.15, 0.2) is 5.82 Å². The van der Waals surface area contributed by atoms with Crippen LogP contribution in [0.1, 0.15) is 35.4 Å². The lowest BCUT2D eigenvalue weighted by Gasteiger charge is -2.35. The molecule has 2 aromatic rings. The first kappa shape index (κ1) is 20.2. The highest BCUT2D eigenvalue weighted by Gasteiger charge is 2.36. The average Bonchev–Trinajstić information content (AvgIpc) is 3.20. The van der Waals surface area contributed by atoms with Crippen molar-refractivity contribution >= 4 is 29.2 Å². The topological polar surface area (TPSA) is 126 Å². The van der Waals surface area contributed by atoms with Crippen LogP contribution in [-0.2, 0) is 10.0 Å². The molecule has 2 N–H and O–H groups in total. The molecule has 1 saturated heterocycles. The summed E-state index contributed by atoms with van der Waals surface area (Å²) in [6.07, 6.45) is 4.27. The molecule has 0 bridgehead atoms. The van der Waals surface area contributed by atoms with Crippen LogP contribution in [0.3, 0.4) is 0 Å². The maximum Gasteiger partial charge on any atom is 0.211 e. The van der Waals surface area contributed by atoms with E-state index in [0.29, 0.717) is 42.9 Å². The number of anilines is 1. The Morgan fingerprint density at radius 1 is 1.20 bits per heavy atom. The summed E-state index contributed by atoms with van der Waals surface area (Å²) in [5, 5.41) is 30.1. The first-order valence-electron chi connectivity index (χ1n) is 9.74. The highest BCUT2D eigenvalue weighted by molar-refractivity contribution is 7.88. The molecule has 10 heteroatoms. The van der Waals surface area contributed by atoms with Gasteiger partial charge in [-0.1, -0.05) is 17.6 Å². The van der Waals surface area contributed by atoms with Crippen LogP contribution in [0, 0.1) is 28.6 Å². The third kappa shape index (κ3) is 3.38. The van der Waals surface area contributed by atoms with Crippen molar-refractivity contribution in [1.29, 1.82) is 10.5 Å². The van der Waals surface area contributed by atoms with Crippen LogP contribution < -0.4 is 10.8 Å². The molecular formula is C20H21BN6O2S. The Morgan fingerprint density at radius 2 is 1.93 bits per heavy atom. The summed E-state index contributed by atoms with van der Waals surface area (Å²) in [7, 11) is -1.32. The first-order chi connectivity index (χ1) is 14.3. The summed E-state index contributed by atoms with van der Waals surface area (Å²) in [4.78, 5) is 0. The molecular weight excluding hydrogens is 399 g/mol. The van der Waals surface area contributed by atoms with E-state index in [0.717, 1.165) is 22.3 Å². The lowest BCUT2D eigenvalue weighted by molar-refractivity contribution is 0.299. The highest BCUT2D eigenvalue weighted by Crippen LogP contribution is 2.43. The third-order valence-corrected chi connectivity index (χ3v) is 7.37. The largest absolute Gasteiger partial charge is 0.341 e. The summed E-state index contributed by atoms with van der Waals surface area (Å²) in [5.41, 5.74) is 4.59. The monoisotopic (exact) mass is 420 g/mol. The Balaban J connectivity index is 1.78. The zero-order valence-electron chi connectivity index (χ0n) is 16.8. The van der Waals surface area contributed by atoms with E-state index in [1.165, 1.54) is 10.6 Å². The van der Waals surface area contributed by atoms with E-state index in [-0.39, 0.29) is 11.8 Å². The van der Waals surface area contributed by atoms with Crippen LogP contribution in [0.25, 0.3) is 0 Å². The molecule has 0 amide bonds. The fourth-order valence-electron chi connectivity index (χ4n) is 4.46. The van der Waals surface area contributed by atoms with Gasteiger partial charge < -0.3 is 5.32 Å². The summed E-state index contributed by atoms with van der Waals surface area (Å²) in [6.45, 7) is 0.850. The number of nitrogens with one attached hydrogen (secondary N) is 2. The number of benzene rings is 1. The van der Waals surface area contributed by atoms with Crippen molar-refractivity contribution in [2.75, 3.05) is 24.7 Å². The number of nitriles is 2. The molecule has 0 radical (unpaired) electrons. The number of nitrogens with zero attached hydrogens (tertiary/aromatic N) is 4. The molecule has 2 aliphatic rings. The molecule has 0 spiro atoms. The predicted molar refractivity (Wildman–Crippen MR) is 115 cm³/mol. The van der Waals surface area contributed by atoms with Gasteiger partial charge in [-0.3, -0.25) is 5.10 Å². The van der Waals surface area contributed by atoms with Gasteiger partial charge in [-0.15, -0.1) is 0 Å². The van der Waals surface area contributed by atoms with Crippen molar-refractivity contribution < 1.29 is 8.42 Å². The van der Waals surface area contributed by atoms with Gasteiger partial charge in [0, 0.05) is 42.0 Å². The Hall–Kier alpha value is -3.08. The Kier molecular flexibility index (Phi) is 5.14. The molecule has 1 aromatic carbocycles. The predicted octanol–water partition coefficient (Wildman–Crippen LogP) is 0.546. The second kappa shape index (κ2) is 7.64. The third-order valence-electron chi connectivity index (χ3n) is 6.07. The van der Waals surface area contributed by atoms with Crippen LogP contribution in [0.2, 0.25) is 0 Å². The minimum atomic E-state index is -3.22. The summed E-state index contributed by atoms with van der Waals surface area (Å²) in [6, 6.07) is 10.2. The number of sulfonamides is 1. The smallest absolute Gasteiger partial charge is 0.211 e. The van der Waals surface area contributed by atoms with Crippen molar-refractivity contribution in [2.45, 2.75) is 18.8 Å². The summed E-state index contributed by atoms with van der Waals surface area (Å²) >= 11 is 0. The maximum absolute atomic E-state index is 11.9. The number of hydrogen-bond donors (Lipinski definition) is 2. The standard InChI is InChI=1S/C20H21BN6O2S/c1-30(28,29)27-7-5-12(6-8-27)19-15(10-23)17(16-11-24-26-20(16)25-19)14-4-2-3-13(9-22)18(14)21/h2-4,11-12,17H,5-8,21H2,1H3,(H2,24,25,26). The van der Waals surface area contributed by atoms with E-state index in [1.807, 2.05) is 20.0 Å². The molecule has 152 valence electrons. The summed E-state index contributed by atoms with van der Waals surface area (Å²) < 4.78 is 25.2. The number of aromatic nitrogens is 2. The van der Waals surface area contributed by atoms with Crippen LogP contribution in [0.5, 0.6) is 0 Å². The van der Waals surface area contributed by atoms with Gasteiger partial charge in [0.25, 0.3) is 0 Å². The number of H-pyrrole nitrogens is 1. The van der Waals surface area contributed by atoms with E-state index < -0.39 is 10.0 Å². The molecule has 0 aliphatic carbocycles. The quantitative estimate of drug-likeness (QED) is 0.699. The zero-order valence-corrected chi connectivity index (χ0v) is 17.6. The molecule has 3 heterocycles. The maximum atomic E-state index is 11.9. The Labute approximate surface area is 176 Å². The van der Waals surface area contributed by atoms with E-state index in [2.05, 4.69) is 27.7 Å². The Bertz CT molecular complexity index is 1210. The van der Waals surface area contributed by atoms with Crippen molar-refractivity contribution in [2.24, 2.45) is 5.92 Å². The molecule has 0 saturated carbocycles. The SMILES string of the molecule is Bc1c(C#N)cccc1C1C(C#N)=C(C2CCN(S(C)(=O)=O)CC2)Nc2n[nH]cc21. The van der Waals surface area contributed by atoms with Crippen LogP contribution in [0.4, 0.5) is 5.82 Å². The van der Waals surface area contributed by atoms with Crippen LogP contribution >= 0.6 is 0 Å². The second-order valence-electron chi connectivity index (χ2n) is 7.75. The van der Waals surface area contributed by atoms with E-state index in [4.69, 9.17) is 0 Å². The normalized spacial score (nSPS) is 20.2. The van der Waals surface area contributed by atoms with Crippen molar-refractivity contribution in [3.63, 3.8) is 0 Å². The van der Waals surface area contributed by atoms with Crippen molar-refractivity contribution in [3.05, 3.63) is 52.4 Å². The molecule has 1 atom stereocenters. The molecule has 1 fully saturated rings. The number of fused-ring (bicyclic) bond motifs is 1. The van der Waals surface area contributed by atoms with Crippen LogP contribution in [-0.4, -0.2) is 50.1 Å². The van der Waals surface area contributed by atoms with Crippen molar-refractivity contribution in [1.82, 2.24) is 14.5 Å². The lowest BCUT2D eigenvalue weighted by atomic mass is 9.73. The fraction of sp³-hybridized carbons (Fsp3) is 0.350. The number of rotatable bonds is 3. The fourth-order valence-corrected chi connectivity index (χ4v) is 5.33.